The average Bonchev–Trinajstić information content (AvgIpc) is 1.35. The first-order valence-electron chi connectivity index (χ1n) is 1.60. The first kappa shape index (κ1) is 5.70. The Balaban J connectivity index is 2.83. The molecule has 0 saturated heterocycles. The third-order valence-electron chi connectivity index (χ3n) is 0.299. The lowest BCUT2D eigenvalue weighted by molar-refractivity contribution is 0.250. The fourth-order valence-corrected chi connectivity index (χ4v) is 0.370. The van der Waals surface area contributed by atoms with E-state index in [0.717, 1.165) is 0 Å². The minimum atomic E-state index is -0.454. The first-order chi connectivity index (χ1) is 2.77. The van der Waals surface area contributed by atoms with Gasteiger partial charge in [-0.2, -0.15) is 0 Å². The standard InChI is InChI=1S/C2H7N2OP/c3-2(5)4-1-6/h1,6H2,(H3,3,4,5)/p+1. The van der Waals surface area contributed by atoms with Gasteiger partial charge in [-0.3, -0.25) is 0 Å². The molecule has 0 bridgehead atoms. The van der Waals surface area contributed by atoms with Crippen LogP contribution in [0.25, 0.3) is 0 Å². The van der Waals surface area contributed by atoms with Gasteiger partial charge in [0.05, 0.1) is 0 Å². The molecule has 0 saturated carbocycles. The van der Waals surface area contributed by atoms with E-state index in [1.54, 1.807) is 9.24 Å². The van der Waals surface area contributed by atoms with E-state index in [-0.39, 0.29) is 0 Å². The summed E-state index contributed by atoms with van der Waals surface area (Å²) in [4.78, 5) is 9.71. The molecule has 0 heterocycles. The number of rotatable bonds is 1. The van der Waals surface area contributed by atoms with Gasteiger partial charge in [0, 0.05) is 0 Å². The molecule has 0 aromatic carbocycles. The molecule has 1 atom stereocenters. The summed E-state index contributed by atoms with van der Waals surface area (Å²) in [6, 6.07) is -0.454. The normalized spacial score (nSPS) is 8.00. The molecular formula is C2H8N2OP+. The van der Waals surface area contributed by atoms with Crippen molar-refractivity contribution in [2.24, 2.45) is 5.73 Å². The second kappa shape index (κ2) is 2.91. The molecule has 6 heavy (non-hydrogen) atoms. The lowest BCUT2D eigenvalue weighted by Crippen LogP contribution is -2.27. The van der Waals surface area contributed by atoms with Crippen molar-refractivity contribution >= 4 is 15.3 Å². The van der Waals surface area contributed by atoms with Gasteiger partial charge >= 0.3 is 6.03 Å². The van der Waals surface area contributed by atoms with E-state index in [1.807, 2.05) is 0 Å². The van der Waals surface area contributed by atoms with Crippen LogP contribution in [0.2, 0.25) is 0 Å². The van der Waals surface area contributed by atoms with Crippen molar-refractivity contribution in [2.45, 2.75) is 0 Å². The van der Waals surface area contributed by atoms with Crippen molar-refractivity contribution < 1.29 is 4.79 Å². The van der Waals surface area contributed by atoms with Crippen molar-refractivity contribution in [1.29, 1.82) is 0 Å². The van der Waals surface area contributed by atoms with Crippen LogP contribution in [0.5, 0.6) is 0 Å². The van der Waals surface area contributed by atoms with Crippen molar-refractivity contribution in [3.05, 3.63) is 0 Å². The summed E-state index contributed by atoms with van der Waals surface area (Å²) in [5, 5.41) is 2.36. The molecule has 0 aromatic heterocycles. The van der Waals surface area contributed by atoms with Gasteiger partial charge in [-0.15, -0.1) is 0 Å². The summed E-state index contributed by atoms with van der Waals surface area (Å²) in [5.74, 6) is 0. The van der Waals surface area contributed by atoms with Gasteiger partial charge in [0.15, 0.2) is 0 Å². The molecule has 0 rings (SSSR count). The van der Waals surface area contributed by atoms with E-state index < -0.39 is 6.03 Å². The van der Waals surface area contributed by atoms with E-state index in [1.165, 1.54) is 0 Å². The van der Waals surface area contributed by atoms with E-state index >= 15 is 0 Å². The van der Waals surface area contributed by atoms with Crippen LogP contribution in [-0.4, -0.2) is 12.3 Å². The second-order valence-electron chi connectivity index (χ2n) is 0.791. The maximum Gasteiger partial charge on any atom is 0.314 e. The van der Waals surface area contributed by atoms with Crippen LogP contribution in [0.15, 0.2) is 0 Å². The Morgan fingerprint density at radius 3 is 2.50 bits per heavy atom. The predicted octanol–water partition coefficient (Wildman–Crippen LogP) is -0.780. The van der Waals surface area contributed by atoms with Crippen LogP contribution in [-0.2, 0) is 0 Å². The molecule has 0 aliphatic carbocycles. The fraction of sp³-hybridized carbons (Fsp3) is 0.500. The summed E-state index contributed by atoms with van der Waals surface area (Å²) in [6.07, 6.45) is 0.634. The zero-order valence-electron chi connectivity index (χ0n) is 3.40. The van der Waals surface area contributed by atoms with E-state index in [0.29, 0.717) is 6.29 Å². The van der Waals surface area contributed by atoms with Crippen molar-refractivity contribution in [3.8, 4) is 0 Å². The smallest absolute Gasteiger partial charge is 0.314 e. The highest BCUT2D eigenvalue weighted by atomic mass is 31.0. The largest absolute Gasteiger partial charge is 0.352 e. The summed E-state index contributed by atoms with van der Waals surface area (Å²) in [5.41, 5.74) is 4.66. The lowest BCUT2D eigenvalue weighted by atomic mass is 11.0. The molecule has 4 heteroatoms. The first-order valence-corrected chi connectivity index (χ1v) is 2.60. The number of carbonyl (C=O) groups excluding carboxylic acids is 1. The molecule has 0 fully saturated rings. The summed E-state index contributed by atoms with van der Waals surface area (Å²) in [7, 11) is 1.64. The fourth-order valence-electron chi connectivity index (χ4n) is 0.123. The Bertz CT molecular complexity index is 55.5. The molecular weight excluding hydrogens is 99.0 g/mol. The van der Waals surface area contributed by atoms with Crippen molar-refractivity contribution in [3.63, 3.8) is 0 Å². The maximum atomic E-state index is 9.71. The average molecular weight is 107 g/mol. The molecule has 36 valence electrons. The van der Waals surface area contributed by atoms with Crippen LogP contribution in [0.1, 0.15) is 0 Å². The second-order valence-corrected chi connectivity index (χ2v) is 1.29. The van der Waals surface area contributed by atoms with E-state index in [2.05, 4.69) is 11.1 Å². The zero-order chi connectivity index (χ0) is 4.99. The highest BCUT2D eigenvalue weighted by Crippen LogP contribution is 1.68. The monoisotopic (exact) mass is 107 g/mol. The number of nitrogens with two attached hydrogens (primary N) is 1. The van der Waals surface area contributed by atoms with Crippen LogP contribution in [0.4, 0.5) is 4.79 Å². The van der Waals surface area contributed by atoms with Gasteiger partial charge in [-0.05, 0) is 9.24 Å². The summed E-state index contributed by atoms with van der Waals surface area (Å²) < 4.78 is 0. The number of carbonyl (C=O) groups is 1. The Morgan fingerprint density at radius 1 is 2.00 bits per heavy atom. The van der Waals surface area contributed by atoms with Gasteiger partial charge in [0.25, 0.3) is 0 Å². The Morgan fingerprint density at radius 2 is 2.50 bits per heavy atom. The molecule has 3 nitrogen and oxygen atoms in total. The Hall–Kier alpha value is -0.300. The molecule has 0 aliphatic heterocycles. The topological polar surface area (TPSA) is 55.1 Å². The van der Waals surface area contributed by atoms with Crippen LogP contribution in [0.3, 0.4) is 0 Å². The number of primary amides is 1. The minimum absolute atomic E-state index is 0.454. The van der Waals surface area contributed by atoms with Crippen LogP contribution in [0, 0.1) is 0 Å². The quantitative estimate of drug-likeness (QED) is 0.424. The third-order valence-corrected chi connectivity index (χ3v) is 0.549. The van der Waals surface area contributed by atoms with Gasteiger partial charge < -0.3 is 11.1 Å². The zero-order valence-corrected chi connectivity index (χ0v) is 4.81. The SMILES string of the molecule is NC(=O)NC[PH3+]. The number of hydrogen-bond acceptors (Lipinski definition) is 1. The Labute approximate surface area is 38.5 Å². The molecule has 0 aromatic rings. The number of nitrogens with one attached hydrogen (secondary N) is 1. The van der Waals surface area contributed by atoms with Gasteiger partial charge in [-0.1, -0.05) is 0 Å². The van der Waals surface area contributed by atoms with Gasteiger partial charge in [0.1, 0.15) is 6.29 Å². The van der Waals surface area contributed by atoms with Gasteiger partial charge in [-0.25, -0.2) is 4.79 Å². The van der Waals surface area contributed by atoms with Crippen molar-refractivity contribution in [2.75, 3.05) is 6.29 Å². The molecule has 3 N–H and O–H groups in total. The highest BCUT2D eigenvalue weighted by molar-refractivity contribution is 7.16. The lowest BCUT2D eigenvalue weighted by Gasteiger charge is -1.85. The highest BCUT2D eigenvalue weighted by Gasteiger charge is 1.82. The van der Waals surface area contributed by atoms with E-state index in [9.17, 15) is 4.79 Å². The predicted molar refractivity (Wildman–Crippen MR) is 28.7 cm³/mol. The number of hydrogen-bond donors (Lipinski definition) is 2. The van der Waals surface area contributed by atoms with Crippen molar-refractivity contribution in [1.82, 2.24) is 5.32 Å². The maximum absolute atomic E-state index is 9.71. The molecule has 0 spiro atoms. The summed E-state index contributed by atoms with van der Waals surface area (Å²) >= 11 is 0. The van der Waals surface area contributed by atoms with Gasteiger partial charge in [0.2, 0.25) is 0 Å². The third kappa shape index (κ3) is 3.70. The minimum Gasteiger partial charge on any atom is -0.352 e. The Kier molecular flexibility index (Phi) is 2.77. The summed E-state index contributed by atoms with van der Waals surface area (Å²) in [6.45, 7) is 0. The molecule has 1 unspecified atom stereocenters. The molecule has 0 aliphatic rings. The molecule has 0 radical (unpaired) electrons. The van der Waals surface area contributed by atoms with Crippen LogP contribution < -0.4 is 11.1 Å². The van der Waals surface area contributed by atoms with Crippen LogP contribution >= 0.6 is 9.24 Å². The molecule has 2 amide bonds. The number of amides is 2. The van der Waals surface area contributed by atoms with E-state index in [4.69, 9.17) is 0 Å². The number of urea groups is 1.